The zero-order chi connectivity index (χ0) is 19.3. The van der Waals surface area contributed by atoms with Gasteiger partial charge in [-0.2, -0.15) is 15.0 Å². The smallest absolute Gasteiger partial charge is 0.233 e. The minimum Gasteiger partial charge on any atom is -0.378 e. The summed E-state index contributed by atoms with van der Waals surface area (Å²) in [5.74, 6) is 1.66. The van der Waals surface area contributed by atoms with Crippen molar-refractivity contribution in [2.45, 2.75) is 13.8 Å². The predicted octanol–water partition coefficient (Wildman–Crippen LogP) is 4.66. The number of halogens is 2. The average molecular weight is 449 g/mol. The first-order valence-electron chi connectivity index (χ1n) is 9.42. The fourth-order valence-electron chi connectivity index (χ4n) is 2.91. The fraction of sp³-hybridized carbons (Fsp3) is 0.286. The molecule has 1 fully saturated rings. The third-order valence-electron chi connectivity index (χ3n) is 4.53. The molecule has 2 N–H and O–H groups in total. The van der Waals surface area contributed by atoms with Crippen LogP contribution in [0.15, 0.2) is 48.5 Å². The van der Waals surface area contributed by atoms with Gasteiger partial charge in [-0.3, -0.25) is 0 Å². The lowest BCUT2D eigenvalue weighted by Gasteiger charge is -2.27. The third-order valence-corrected chi connectivity index (χ3v) is 4.53. The Morgan fingerprint density at radius 2 is 1.13 bits per heavy atom. The van der Waals surface area contributed by atoms with Gasteiger partial charge >= 0.3 is 0 Å². The van der Waals surface area contributed by atoms with Gasteiger partial charge in [0.2, 0.25) is 17.8 Å². The van der Waals surface area contributed by atoms with E-state index in [4.69, 9.17) is 4.74 Å². The van der Waals surface area contributed by atoms with Gasteiger partial charge in [-0.1, -0.05) is 35.4 Å². The van der Waals surface area contributed by atoms with E-state index in [1.54, 1.807) is 0 Å². The molecule has 0 saturated carbocycles. The number of rotatable bonds is 5. The van der Waals surface area contributed by atoms with Gasteiger partial charge in [-0.25, -0.2) is 0 Å². The second-order valence-electron chi connectivity index (χ2n) is 6.86. The van der Waals surface area contributed by atoms with Gasteiger partial charge in [-0.15, -0.1) is 24.8 Å². The molecule has 4 rings (SSSR count). The Hall–Kier alpha value is -2.61. The third kappa shape index (κ3) is 6.19. The Labute approximate surface area is 189 Å². The summed E-state index contributed by atoms with van der Waals surface area (Å²) in [4.78, 5) is 15.9. The lowest BCUT2D eigenvalue weighted by molar-refractivity contribution is 0.122. The zero-order valence-corrected chi connectivity index (χ0v) is 18.6. The summed E-state index contributed by atoms with van der Waals surface area (Å²) in [5, 5.41) is 6.57. The summed E-state index contributed by atoms with van der Waals surface area (Å²) >= 11 is 0. The summed E-state index contributed by atoms with van der Waals surface area (Å²) in [6.07, 6.45) is 0. The van der Waals surface area contributed by atoms with Gasteiger partial charge in [-0.05, 0) is 38.1 Å². The van der Waals surface area contributed by atoms with E-state index >= 15 is 0 Å². The van der Waals surface area contributed by atoms with E-state index in [-0.39, 0.29) is 24.8 Å². The maximum absolute atomic E-state index is 5.45. The number of morpholine rings is 1. The van der Waals surface area contributed by atoms with Gasteiger partial charge in [0.1, 0.15) is 0 Å². The molecule has 1 saturated heterocycles. The Kier molecular flexibility index (Phi) is 8.65. The second-order valence-corrected chi connectivity index (χ2v) is 6.86. The number of anilines is 5. The highest BCUT2D eigenvalue weighted by molar-refractivity contribution is 5.85. The van der Waals surface area contributed by atoms with Crippen LogP contribution in [0.2, 0.25) is 0 Å². The number of aromatic nitrogens is 3. The topological polar surface area (TPSA) is 75.2 Å². The number of nitrogens with zero attached hydrogens (tertiary/aromatic N) is 4. The Bertz CT molecular complexity index is 865. The molecule has 0 radical (unpaired) electrons. The van der Waals surface area contributed by atoms with Crippen molar-refractivity contribution in [2.24, 2.45) is 0 Å². The van der Waals surface area contributed by atoms with Crippen molar-refractivity contribution < 1.29 is 4.74 Å². The summed E-state index contributed by atoms with van der Waals surface area (Å²) in [7, 11) is 0. The van der Waals surface area contributed by atoms with Crippen LogP contribution in [0.5, 0.6) is 0 Å². The number of aryl methyl sites for hydroxylation is 2. The van der Waals surface area contributed by atoms with E-state index in [9.17, 15) is 0 Å². The van der Waals surface area contributed by atoms with E-state index < -0.39 is 0 Å². The molecule has 30 heavy (non-hydrogen) atoms. The van der Waals surface area contributed by atoms with Crippen molar-refractivity contribution >= 4 is 54.0 Å². The van der Waals surface area contributed by atoms with Gasteiger partial charge in [0, 0.05) is 24.5 Å². The number of hydrogen-bond acceptors (Lipinski definition) is 7. The maximum Gasteiger partial charge on any atom is 0.233 e. The van der Waals surface area contributed by atoms with Crippen LogP contribution >= 0.6 is 24.8 Å². The Morgan fingerprint density at radius 1 is 0.700 bits per heavy atom. The van der Waals surface area contributed by atoms with Crippen LogP contribution in [0.1, 0.15) is 11.1 Å². The fourth-order valence-corrected chi connectivity index (χ4v) is 2.91. The molecule has 2 aromatic carbocycles. The van der Waals surface area contributed by atoms with Crippen LogP contribution in [0.25, 0.3) is 0 Å². The number of ether oxygens (including phenoxy) is 1. The van der Waals surface area contributed by atoms with E-state index in [0.717, 1.165) is 24.5 Å². The minimum atomic E-state index is 0. The quantitative estimate of drug-likeness (QED) is 0.587. The molecule has 2 heterocycles. The van der Waals surface area contributed by atoms with Gasteiger partial charge in [0.05, 0.1) is 13.2 Å². The maximum atomic E-state index is 5.45. The van der Waals surface area contributed by atoms with E-state index in [1.165, 1.54) is 11.1 Å². The largest absolute Gasteiger partial charge is 0.378 e. The molecular formula is C21H26Cl2N6O. The molecule has 0 aliphatic carbocycles. The molecule has 0 atom stereocenters. The lowest BCUT2D eigenvalue weighted by Crippen LogP contribution is -2.37. The van der Waals surface area contributed by atoms with Crippen molar-refractivity contribution in [3.8, 4) is 0 Å². The van der Waals surface area contributed by atoms with Crippen molar-refractivity contribution in [1.29, 1.82) is 0 Å². The molecule has 0 unspecified atom stereocenters. The first kappa shape index (κ1) is 23.7. The number of hydrogen-bond donors (Lipinski definition) is 2. The van der Waals surface area contributed by atoms with E-state index in [0.29, 0.717) is 31.1 Å². The Balaban J connectivity index is 0.00000160. The van der Waals surface area contributed by atoms with Crippen molar-refractivity contribution in [3.05, 3.63) is 59.7 Å². The molecule has 9 heteroatoms. The van der Waals surface area contributed by atoms with Crippen LogP contribution < -0.4 is 15.5 Å². The SMILES string of the molecule is Cc1ccc(Nc2nc(Nc3ccc(C)cc3)nc(N3CCOCC3)n2)cc1.Cl.Cl. The monoisotopic (exact) mass is 448 g/mol. The number of benzene rings is 2. The zero-order valence-electron chi connectivity index (χ0n) is 17.0. The van der Waals surface area contributed by atoms with Crippen LogP contribution in [-0.2, 0) is 4.74 Å². The van der Waals surface area contributed by atoms with Crippen LogP contribution in [0.4, 0.5) is 29.2 Å². The lowest BCUT2D eigenvalue weighted by atomic mass is 10.2. The normalized spacial score (nSPS) is 13.1. The van der Waals surface area contributed by atoms with Crippen LogP contribution in [0, 0.1) is 13.8 Å². The summed E-state index contributed by atoms with van der Waals surface area (Å²) in [6.45, 7) is 7.00. The molecule has 0 amide bonds. The minimum absolute atomic E-state index is 0. The first-order chi connectivity index (χ1) is 13.7. The average Bonchev–Trinajstić information content (AvgIpc) is 2.72. The summed E-state index contributed by atoms with van der Waals surface area (Å²) < 4.78 is 5.45. The molecule has 0 spiro atoms. The highest BCUT2D eigenvalue weighted by Crippen LogP contribution is 2.21. The first-order valence-corrected chi connectivity index (χ1v) is 9.42. The highest BCUT2D eigenvalue weighted by atomic mass is 35.5. The van der Waals surface area contributed by atoms with Gasteiger partial charge < -0.3 is 20.3 Å². The van der Waals surface area contributed by atoms with Crippen molar-refractivity contribution in [2.75, 3.05) is 41.8 Å². The standard InChI is InChI=1S/C21H24N6O.2ClH/c1-15-3-7-17(8-4-15)22-19-24-20(23-18-9-5-16(2)6-10-18)26-21(25-19)27-11-13-28-14-12-27;;/h3-10H,11-14H2,1-2H3,(H2,22,23,24,25,26);2*1H. The molecule has 1 aliphatic heterocycles. The molecule has 3 aromatic rings. The predicted molar refractivity (Wildman–Crippen MR) is 126 cm³/mol. The molecule has 0 bridgehead atoms. The van der Waals surface area contributed by atoms with Crippen LogP contribution in [-0.4, -0.2) is 41.3 Å². The second kappa shape index (κ2) is 11.0. The number of nitrogens with one attached hydrogen (secondary N) is 2. The molecule has 160 valence electrons. The Morgan fingerprint density at radius 3 is 1.57 bits per heavy atom. The molecule has 1 aromatic heterocycles. The van der Waals surface area contributed by atoms with Crippen molar-refractivity contribution in [1.82, 2.24) is 15.0 Å². The molecule has 1 aliphatic rings. The van der Waals surface area contributed by atoms with Crippen LogP contribution in [0.3, 0.4) is 0 Å². The summed E-state index contributed by atoms with van der Waals surface area (Å²) in [5.41, 5.74) is 4.28. The highest BCUT2D eigenvalue weighted by Gasteiger charge is 2.17. The molecular weight excluding hydrogens is 423 g/mol. The van der Waals surface area contributed by atoms with E-state index in [1.807, 2.05) is 24.3 Å². The van der Waals surface area contributed by atoms with Gasteiger partial charge in [0.15, 0.2) is 0 Å². The summed E-state index contributed by atoms with van der Waals surface area (Å²) in [6, 6.07) is 16.3. The van der Waals surface area contributed by atoms with Crippen molar-refractivity contribution in [3.63, 3.8) is 0 Å². The molecule has 7 nitrogen and oxygen atoms in total. The van der Waals surface area contributed by atoms with Gasteiger partial charge in [0.25, 0.3) is 0 Å². The van der Waals surface area contributed by atoms with E-state index in [2.05, 4.69) is 68.6 Å².